The molecule has 2 aliphatic rings. The number of nitrogens with zero attached hydrogens (tertiary/aromatic N) is 6. The predicted octanol–water partition coefficient (Wildman–Crippen LogP) is 4.04. The van der Waals surface area contributed by atoms with Crippen molar-refractivity contribution >= 4 is 28.6 Å². The molecule has 37 heavy (non-hydrogen) atoms. The van der Waals surface area contributed by atoms with Gasteiger partial charge in [-0.3, -0.25) is 0 Å². The minimum absolute atomic E-state index is 0.0195. The Morgan fingerprint density at radius 3 is 2.57 bits per heavy atom. The molecule has 0 aliphatic carbocycles. The summed E-state index contributed by atoms with van der Waals surface area (Å²) in [7, 11) is 0. The van der Waals surface area contributed by atoms with E-state index in [1.807, 2.05) is 54.6 Å². The van der Waals surface area contributed by atoms with Crippen molar-refractivity contribution in [2.75, 3.05) is 23.7 Å². The number of carbonyl (C=O) groups is 1. The zero-order chi connectivity index (χ0) is 25.7. The number of rotatable bonds is 6. The maximum atomic E-state index is 11.5. The van der Waals surface area contributed by atoms with Crippen LogP contribution in [0, 0.1) is 0 Å². The number of hydrogen-bond donors (Lipinski definition) is 2. The fourth-order valence-electron chi connectivity index (χ4n) is 5.26. The van der Waals surface area contributed by atoms with Crippen LogP contribution < -0.4 is 15.4 Å². The molecule has 4 heterocycles. The maximum Gasteiger partial charge on any atom is 0.407 e. The lowest BCUT2D eigenvalue weighted by Gasteiger charge is -2.33. The molecule has 2 aromatic heterocycles. The zero-order valence-corrected chi connectivity index (χ0v) is 20.8. The second-order valence-electron chi connectivity index (χ2n) is 9.98. The molecule has 10 heteroatoms. The monoisotopic (exact) mass is 499 g/mol. The van der Waals surface area contributed by atoms with E-state index in [4.69, 9.17) is 20.4 Å². The Labute approximate surface area is 214 Å². The van der Waals surface area contributed by atoms with Crippen molar-refractivity contribution in [3.05, 3.63) is 66.0 Å². The van der Waals surface area contributed by atoms with Gasteiger partial charge in [0.05, 0.1) is 17.6 Å². The number of likely N-dealkylation sites (tertiary alicyclic amines) is 1. The predicted molar refractivity (Wildman–Crippen MR) is 140 cm³/mol. The fourth-order valence-corrected chi connectivity index (χ4v) is 5.26. The second kappa shape index (κ2) is 8.95. The molecule has 0 saturated carbocycles. The first-order valence-corrected chi connectivity index (χ1v) is 12.5. The number of anilines is 2. The molecule has 2 bridgehead atoms. The number of hydrogen-bond acceptors (Lipinski definition) is 7. The lowest BCUT2D eigenvalue weighted by Crippen LogP contribution is -2.48. The van der Waals surface area contributed by atoms with Crippen LogP contribution in [0.1, 0.15) is 37.6 Å². The molecule has 10 nitrogen and oxygen atoms in total. The molecule has 2 fully saturated rings. The summed E-state index contributed by atoms with van der Waals surface area (Å²) in [5.74, 6) is 3.31. The van der Waals surface area contributed by atoms with Gasteiger partial charge in [-0.25, -0.2) is 19.4 Å². The third kappa shape index (κ3) is 4.18. The molecule has 0 spiro atoms. The van der Waals surface area contributed by atoms with Gasteiger partial charge in [0.2, 0.25) is 0 Å². The number of ether oxygens (including phenoxy) is 1. The Morgan fingerprint density at radius 2 is 1.86 bits per heavy atom. The average molecular weight is 500 g/mol. The van der Waals surface area contributed by atoms with Crippen LogP contribution in [0.15, 0.2) is 54.6 Å². The molecular weight excluding hydrogens is 470 g/mol. The number of aromatic nitrogens is 4. The summed E-state index contributed by atoms with van der Waals surface area (Å²) in [5.41, 5.74) is 8.17. The Kier molecular flexibility index (Phi) is 5.58. The van der Waals surface area contributed by atoms with E-state index in [-0.39, 0.29) is 18.0 Å². The molecular formula is C27H29N7O3. The molecule has 190 valence electrons. The van der Waals surface area contributed by atoms with Crippen LogP contribution in [0.5, 0.6) is 5.75 Å². The topological polar surface area (TPSA) is 123 Å². The second-order valence-corrected chi connectivity index (χ2v) is 9.98. The number of carboxylic acid groups (broad SMARTS) is 1. The van der Waals surface area contributed by atoms with Crippen LogP contribution in [-0.2, 0) is 6.61 Å². The molecule has 1 amide bonds. The molecule has 0 radical (unpaired) electrons. The van der Waals surface area contributed by atoms with Crippen molar-refractivity contribution < 1.29 is 14.6 Å². The minimum Gasteiger partial charge on any atom is -0.489 e. The van der Waals surface area contributed by atoms with E-state index in [1.54, 1.807) is 4.68 Å². The molecule has 2 aromatic carbocycles. The van der Waals surface area contributed by atoms with Crippen LogP contribution in [0.25, 0.3) is 16.7 Å². The van der Waals surface area contributed by atoms with Crippen molar-refractivity contribution in [3.63, 3.8) is 0 Å². The molecule has 2 atom stereocenters. The smallest absolute Gasteiger partial charge is 0.407 e. The van der Waals surface area contributed by atoms with Gasteiger partial charge >= 0.3 is 6.09 Å². The first kappa shape index (κ1) is 23.1. The van der Waals surface area contributed by atoms with Gasteiger partial charge in [0, 0.05) is 36.5 Å². The first-order chi connectivity index (χ1) is 17.9. The molecule has 3 N–H and O–H groups in total. The Morgan fingerprint density at radius 1 is 1.08 bits per heavy atom. The number of nitrogen functional groups attached to an aromatic ring is 1. The third-order valence-corrected chi connectivity index (χ3v) is 7.16. The SMILES string of the molecule is CC(C)c1nc(N2C[C@@H]3C[C@H]2CN3C(=O)O)cc(-n2nc(N)c3ccc(OCc4ccccc4)cc32)n1. The fraction of sp³-hybridized carbons (Fsp3) is 0.333. The van der Waals surface area contributed by atoms with Crippen molar-refractivity contribution in [1.29, 1.82) is 0 Å². The normalized spacial score (nSPS) is 18.8. The summed E-state index contributed by atoms with van der Waals surface area (Å²) < 4.78 is 7.80. The van der Waals surface area contributed by atoms with Gasteiger partial charge < -0.3 is 25.4 Å². The van der Waals surface area contributed by atoms with E-state index in [0.717, 1.165) is 28.7 Å². The van der Waals surface area contributed by atoms with Gasteiger partial charge in [-0.2, -0.15) is 0 Å². The van der Waals surface area contributed by atoms with Crippen LogP contribution in [-0.4, -0.2) is 61.0 Å². The van der Waals surface area contributed by atoms with E-state index >= 15 is 0 Å². The summed E-state index contributed by atoms with van der Waals surface area (Å²) in [6.45, 7) is 5.66. The summed E-state index contributed by atoms with van der Waals surface area (Å²) in [5, 5.41) is 14.9. The van der Waals surface area contributed by atoms with Gasteiger partial charge in [0.1, 0.15) is 24.0 Å². The van der Waals surface area contributed by atoms with Gasteiger partial charge in [-0.1, -0.05) is 44.2 Å². The van der Waals surface area contributed by atoms with Crippen molar-refractivity contribution in [1.82, 2.24) is 24.6 Å². The van der Waals surface area contributed by atoms with Crippen molar-refractivity contribution in [2.45, 2.75) is 44.9 Å². The van der Waals surface area contributed by atoms with Crippen LogP contribution in [0.4, 0.5) is 16.4 Å². The Bertz CT molecular complexity index is 1470. The van der Waals surface area contributed by atoms with E-state index in [9.17, 15) is 9.90 Å². The third-order valence-electron chi connectivity index (χ3n) is 7.16. The summed E-state index contributed by atoms with van der Waals surface area (Å²) in [6, 6.07) is 17.7. The van der Waals surface area contributed by atoms with Gasteiger partial charge in [0.15, 0.2) is 11.6 Å². The number of nitrogens with two attached hydrogens (primary N) is 1. The highest BCUT2D eigenvalue weighted by atomic mass is 16.5. The molecule has 4 aromatic rings. The van der Waals surface area contributed by atoms with E-state index in [0.29, 0.717) is 42.9 Å². The van der Waals surface area contributed by atoms with Crippen molar-refractivity contribution in [2.24, 2.45) is 0 Å². The summed E-state index contributed by atoms with van der Waals surface area (Å²) in [4.78, 5) is 25.0. The van der Waals surface area contributed by atoms with E-state index in [1.165, 1.54) is 4.90 Å². The highest BCUT2D eigenvalue weighted by molar-refractivity contribution is 5.91. The van der Waals surface area contributed by atoms with Gasteiger partial charge in [0.25, 0.3) is 0 Å². The highest BCUT2D eigenvalue weighted by Gasteiger charge is 2.46. The Hall–Kier alpha value is -4.34. The zero-order valence-electron chi connectivity index (χ0n) is 20.8. The highest BCUT2D eigenvalue weighted by Crippen LogP contribution is 2.35. The van der Waals surface area contributed by atoms with Crippen molar-refractivity contribution in [3.8, 4) is 11.6 Å². The van der Waals surface area contributed by atoms with E-state index in [2.05, 4.69) is 23.8 Å². The lowest BCUT2D eigenvalue weighted by atomic mass is 10.2. The number of piperazine rings is 1. The maximum absolute atomic E-state index is 11.5. The molecule has 0 unspecified atom stereocenters. The van der Waals surface area contributed by atoms with E-state index < -0.39 is 6.09 Å². The quantitative estimate of drug-likeness (QED) is 0.408. The molecule has 6 rings (SSSR count). The van der Waals surface area contributed by atoms with Crippen LogP contribution in [0.2, 0.25) is 0 Å². The number of fused-ring (bicyclic) bond motifs is 3. The van der Waals surface area contributed by atoms with Gasteiger partial charge in [-0.15, -0.1) is 5.10 Å². The summed E-state index contributed by atoms with van der Waals surface area (Å²) in [6.07, 6.45) is -0.0512. The standard InChI is InChI=1S/C27H29N7O3/c1-16(2)26-29-23(32-13-19-10-18(32)14-33(19)27(35)36)12-24(30-26)34-22-11-20(8-9-21(22)25(28)31-34)37-15-17-6-4-3-5-7-17/h3-9,11-12,16,18-19H,10,13-15H2,1-2H3,(H2,28,31)(H,35,36)/t18-,19-/m0/s1. The lowest BCUT2D eigenvalue weighted by molar-refractivity contribution is 0.137. The number of benzene rings is 2. The van der Waals surface area contributed by atoms with Crippen LogP contribution >= 0.6 is 0 Å². The first-order valence-electron chi connectivity index (χ1n) is 12.5. The largest absolute Gasteiger partial charge is 0.489 e. The van der Waals surface area contributed by atoms with Gasteiger partial charge in [-0.05, 0) is 24.1 Å². The average Bonchev–Trinajstić information content (AvgIpc) is 3.61. The number of amides is 1. The Balaban J connectivity index is 1.36. The van der Waals surface area contributed by atoms with Crippen LogP contribution in [0.3, 0.4) is 0 Å². The minimum atomic E-state index is -0.859. The molecule has 2 saturated heterocycles. The summed E-state index contributed by atoms with van der Waals surface area (Å²) >= 11 is 0. The molecule has 2 aliphatic heterocycles.